The molecule has 0 saturated carbocycles. The van der Waals surface area contributed by atoms with E-state index in [-0.39, 0.29) is 12.4 Å². The molecule has 1 aromatic rings. The molecule has 1 rings (SSSR count). The largest absolute Gasteiger partial charge is 0.369 e. The highest BCUT2D eigenvalue weighted by molar-refractivity contribution is 7.80. The van der Waals surface area contributed by atoms with E-state index in [1.165, 1.54) is 0 Å². The molecule has 3 nitrogen and oxygen atoms in total. The highest BCUT2D eigenvalue weighted by Crippen LogP contribution is 2.04. The molecule has 15 heavy (non-hydrogen) atoms. The summed E-state index contributed by atoms with van der Waals surface area (Å²) < 4.78 is 0. The monoisotopic (exact) mass is 243 g/mol. The van der Waals surface area contributed by atoms with E-state index in [0.717, 1.165) is 5.69 Å². The lowest BCUT2D eigenvalue weighted by molar-refractivity contribution is 0.644. The minimum absolute atomic E-state index is 0. The van der Waals surface area contributed by atoms with Crippen LogP contribution in [0.3, 0.4) is 0 Å². The van der Waals surface area contributed by atoms with Crippen LogP contribution in [0, 0.1) is 0 Å². The van der Waals surface area contributed by atoms with Crippen LogP contribution in [0.15, 0.2) is 35.3 Å². The van der Waals surface area contributed by atoms with E-state index in [4.69, 9.17) is 12.2 Å². The van der Waals surface area contributed by atoms with Crippen LogP contribution in [-0.4, -0.2) is 30.4 Å². The third kappa shape index (κ3) is 6.04. The highest BCUT2D eigenvalue weighted by Gasteiger charge is 1.92. The van der Waals surface area contributed by atoms with E-state index in [9.17, 15) is 0 Å². The van der Waals surface area contributed by atoms with Gasteiger partial charge in [-0.3, -0.25) is 0 Å². The maximum absolute atomic E-state index is 5.02. The van der Waals surface area contributed by atoms with E-state index in [2.05, 4.69) is 10.3 Å². The normalized spacial score (nSPS) is 9.47. The van der Waals surface area contributed by atoms with Gasteiger partial charge in [0.2, 0.25) is 0 Å². The summed E-state index contributed by atoms with van der Waals surface area (Å²) in [6.07, 6.45) is 1.66. The fraction of sp³-hybridized carbons (Fsp3) is 0.200. The fourth-order valence-electron chi connectivity index (χ4n) is 0.845. The van der Waals surface area contributed by atoms with Gasteiger partial charge in [-0.05, 0) is 24.4 Å². The predicted molar refractivity (Wildman–Crippen MR) is 72.1 cm³/mol. The molecule has 0 amide bonds. The van der Waals surface area contributed by atoms with Gasteiger partial charge in [0.05, 0.1) is 6.34 Å². The molecule has 0 spiro atoms. The summed E-state index contributed by atoms with van der Waals surface area (Å²) in [5.74, 6) is 0. The zero-order chi connectivity index (χ0) is 10.4. The predicted octanol–water partition coefficient (Wildman–Crippen LogP) is 2.40. The lowest BCUT2D eigenvalue weighted by Gasteiger charge is -2.05. The van der Waals surface area contributed by atoms with E-state index in [1.807, 2.05) is 49.3 Å². The lowest BCUT2D eigenvalue weighted by Crippen LogP contribution is -2.12. The molecular formula is C10H14ClN3S. The second-order valence-electron chi connectivity index (χ2n) is 3.00. The Hall–Kier alpha value is -1.13. The number of para-hydroxylation sites is 1. The fourth-order valence-corrected chi connectivity index (χ4v) is 1.01. The van der Waals surface area contributed by atoms with Crippen LogP contribution in [0.5, 0.6) is 0 Å². The van der Waals surface area contributed by atoms with Crippen molar-refractivity contribution in [3.63, 3.8) is 0 Å². The molecular weight excluding hydrogens is 230 g/mol. The summed E-state index contributed by atoms with van der Waals surface area (Å²) in [5.41, 5.74) is 0.952. The third-order valence-electron chi connectivity index (χ3n) is 1.43. The summed E-state index contributed by atoms with van der Waals surface area (Å²) in [6, 6.07) is 9.73. The average molecular weight is 244 g/mol. The van der Waals surface area contributed by atoms with E-state index < -0.39 is 0 Å². The maximum atomic E-state index is 5.02. The van der Waals surface area contributed by atoms with Crippen molar-refractivity contribution in [1.29, 1.82) is 0 Å². The van der Waals surface area contributed by atoms with E-state index in [1.54, 1.807) is 6.34 Å². The van der Waals surface area contributed by atoms with Crippen LogP contribution in [-0.2, 0) is 0 Å². The molecule has 1 N–H and O–H groups in total. The maximum Gasteiger partial charge on any atom is 0.198 e. The van der Waals surface area contributed by atoms with Gasteiger partial charge in [0.1, 0.15) is 0 Å². The Bertz CT molecular complexity index is 325. The Morgan fingerprint density at radius 2 is 1.93 bits per heavy atom. The molecule has 0 aliphatic rings. The number of hydrogen-bond donors (Lipinski definition) is 1. The molecule has 0 unspecified atom stereocenters. The van der Waals surface area contributed by atoms with Gasteiger partial charge in [-0.2, -0.15) is 0 Å². The number of nitrogens with zero attached hydrogens (tertiary/aromatic N) is 2. The quantitative estimate of drug-likeness (QED) is 0.491. The van der Waals surface area contributed by atoms with E-state index in [0.29, 0.717) is 5.11 Å². The molecule has 0 aliphatic carbocycles. The van der Waals surface area contributed by atoms with Crippen molar-refractivity contribution in [3.8, 4) is 0 Å². The van der Waals surface area contributed by atoms with Crippen molar-refractivity contribution in [2.24, 2.45) is 4.99 Å². The highest BCUT2D eigenvalue weighted by atomic mass is 35.5. The molecule has 0 fully saturated rings. The number of anilines is 1. The Balaban J connectivity index is 0.00000196. The minimum atomic E-state index is 0. The Kier molecular flexibility index (Phi) is 6.66. The van der Waals surface area contributed by atoms with Gasteiger partial charge >= 0.3 is 0 Å². The molecule has 0 bridgehead atoms. The lowest BCUT2D eigenvalue weighted by atomic mass is 10.3. The van der Waals surface area contributed by atoms with Gasteiger partial charge in [-0.25, -0.2) is 4.99 Å². The zero-order valence-electron chi connectivity index (χ0n) is 8.68. The van der Waals surface area contributed by atoms with Gasteiger partial charge in [-0.15, -0.1) is 12.4 Å². The molecule has 0 aromatic heterocycles. The second kappa shape index (κ2) is 7.20. The summed E-state index contributed by atoms with van der Waals surface area (Å²) >= 11 is 5.02. The molecule has 0 saturated heterocycles. The van der Waals surface area contributed by atoms with Crippen LogP contribution in [0.2, 0.25) is 0 Å². The standard InChI is InChI=1S/C10H13N3S.ClH/c1-13(2)8-11-10(14)12-9-6-4-3-5-7-9;/h3-8H,1-2H3,(H,12,14);1H. The van der Waals surface area contributed by atoms with Gasteiger partial charge in [-0.1, -0.05) is 18.2 Å². The molecule has 5 heteroatoms. The molecule has 0 aliphatic heterocycles. The number of hydrogen-bond acceptors (Lipinski definition) is 1. The first-order chi connectivity index (χ1) is 6.68. The van der Waals surface area contributed by atoms with Crippen molar-refractivity contribution in [1.82, 2.24) is 4.90 Å². The summed E-state index contributed by atoms with van der Waals surface area (Å²) in [5, 5.41) is 3.47. The summed E-state index contributed by atoms with van der Waals surface area (Å²) in [4.78, 5) is 5.87. The van der Waals surface area contributed by atoms with Gasteiger partial charge in [0, 0.05) is 19.8 Å². The van der Waals surface area contributed by atoms with Crippen molar-refractivity contribution in [3.05, 3.63) is 30.3 Å². The van der Waals surface area contributed by atoms with Crippen LogP contribution in [0.4, 0.5) is 5.69 Å². The van der Waals surface area contributed by atoms with Crippen molar-refractivity contribution in [2.75, 3.05) is 19.4 Å². The van der Waals surface area contributed by atoms with Crippen LogP contribution < -0.4 is 5.32 Å². The second-order valence-corrected chi connectivity index (χ2v) is 3.39. The van der Waals surface area contributed by atoms with Crippen molar-refractivity contribution in [2.45, 2.75) is 0 Å². The molecule has 82 valence electrons. The average Bonchev–Trinajstić information content (AvgIpc) is 2.16. The Morgan fingerprint density at radius 1 is 1.33 bits per heavy atom. The minimum Gasteiger partial charge on any atom is -0.369 e. The first kappa shape index (κ1) is 13.9. The van der Waals surface area contributed by atoms with Gasteiger partial charge in [0.25, 0.3) is 0 Å². The van der Waals surface area contributed by atoms with Gasteiger partial charge in [0.15, 0.2) is 5.11 Å². The third-order valence-corrected chi connectivity index (χ3v) is 1.64. The number of halogens is 1. The number of aliphatic imine (C=N–C) groups is 1. The number of nitrogens with one attached hydrogen (secondary N) is 1. The molecule has 0 radical (unpaired) electrons. The zero-order valence-corrected chi connectivity index (χ0v) is 10.3. The number of thiocarbonyl (C=S) groups is 1. The summed E-state index contributed by atoms with van der Waals surface area (Å²) in [6.45, 7) is 0. The van der Waals surface area contributed by atoms with Crippen molar-refractivity contribution < 1.29 is 0 Å². The molecule has 1 aromatic carbocycles. The smallest absolute Gasteiger partial charge is 0.198 e. The SMILES string of the molecule is CN(C)C=NC(=S)Nc1ccccc1.Cl. The number of rotatable bonds is 2. The van der Waals surface area contributed by atoms with Crippen LogP contribution in [0.25, 0.3) is 0 Å². The first-order valence-corrected chi connectivity index (χ1v) is 4.66. The topological polar surface area (TPSA) is 27.6 Å². The van der Waals surface area contributed by atoms with Gasteiger partial charge < -0.3 is 10.2 Å². The van der Waals surface area contributed by atoms with Crippen molar-refractivity contribution >= 4 is 41.8 Å². The Morgan fingerprint density at radius 3 is 2.47 bits per heavy atom. The summed E-state index contributed by atoms with van der Waals surface area (Å²) in [7, 11) is 3.79. The number of benzene rings is 1. The first-order valence-electron chi connectivity index (χ1n) is 4.25. The molecule has 0 atom stereocenters. The Labute approximate surface area is 102 Å². The van der Waals surface area contributed by atoms with Crippen LogP contribution >= 0.6 is 24.6 Å². The van der Waals surface area contributed by atoms with Crippen LogP contribution in [0.1, 0.15) is 0 Å². The molecule has 0 heterocycles. The van der Waals surface area contributed by atoms with E-state index >= 15 is 0 Å².